The second kappa shape index (κ2) is 10.5. The first-order valence-corrected chi connectivity index (χ1v) is 10.9. The summed E-state index contributed by atoms with van der Waals surface area (Å²) in [6, 6.07) is 12.0. The Balaban J connectivity index is 2.18. The van der Waals surface area contributed by atoms with Gasteiger partial charge in [-0.3, -0.25) is 9.59 Å². The zero-order valence-electron chi connectivity index (χ0n) is 19.8. The first kappa shape index (κ1) is 24.3. The summed E-state index contributed by atoms with van der Waals surface area (Å²) < 4.78 is 15.8. The SMILES string of the molecule is COCCCN1C(=O)C(=O)/C(=C(/O)c2cc(OC)ccc2OC)C1c1ccc(C(C)C)cc1. The molecule has 3 rings (SSSR count). The Hall–Kier alpha value is -3.32. The number of likely N-dealkylation sites (tertiary alicyclic amines) is 1. The molecule has 1 aliphatic rings. The Morgan fingerprint density at radius 1 is 1.03 bits per heavy atom. The monoisotopic (exact) mass is 453 g/mol. The highest BCUT2D eigenvalue weighted by Gasteiger charge is 2.46. The quantitative estimate of drug-likeness (QED) is 0.264. The molecule has 0 bridgehead atoms. The van der Waals surface area contributed by atoms with Crippen molar-refractivity contribution in [2.75, 3.05) is 34.5 Å². The molecule has 0 aromatic heterocycles. The zero-order valence-corrected chi connectivity index (χ0v) is 19.8. The summed E-state index contributed by atoms with van der Waals surface area (Å²) in [5, 5.41) is 11.3. The summed E-state index contributed by atoms with van der Waals surface area (Å²) in [4.78, 5) is 27.7. The van der Waals surface area contributed by atoms with Crippen molar-refractivity contribution in [2.24, 2.45) is 0 Å². The minimum absolute atomic E-state index is 0.0290. The van der Waals surface area contributed by atoms with Crippen LogP contribution in [0.1, 0.15) is 48.9 Å². The van der Waals surface area contributed by atoms with Gasteiger partial charge in [0.2, 0.25) is 0 Å². The summed E-state index contributed by atoms with van der Waals surface area (Å²) in [5.74, 6) is -0.470. The van der Waals surface area contributed by atoms with Crippen LogP contribution >= 0.6 is 0 Å². The molecule has 0 saturated carbocycles. The number of ketones is 1. The lowest BCUT2D eigenvalue weighted by Crippen LogP contribution is -2.31. The Morgan fingerprint density at radius 3 is 2.30 bits per heavy atom. The molecule has 0 spiro atoms. The summed E-state index contributed by atoms with van der Waals surface area (Å²) in [5.41, 5.74) is 2.21. The molecule has 1 fully saturated rings. The average molecular weight is 454 g/mol. The van der Waals surface area contributed by atoms with E-state index in [9.17, 15) is 14.7 Å². The van der Waals surface area contributed by atoms with Gasteiger partial charge in [0.1, 0.15) is 17.3 Å². The van der Waals surface area contributed by atoms with E-state index < -0.39 is 17.7 Å². The molecule has 2 aromatic rings. The van der Waals surface area contributed by atoms with Crippen molar-refractivity contribution in [3.8, 4) is 11.5 Å². The number of rotatable bonds is 9. The van der Waals surface area contributed by atoms with Crippen molar-refractivity contribution < 1.29 is 28.9 Å². The highest BCUT2D eigenvalue weighted by Crippen LogP contribution is 2.41. The van der Waals surface area contributed by atoms with Crippen LogP contribution < -0.4 is 9.47 Å². The third kappa shape index (κ3) is 4.88. The molecule has 1 saturated heterocycles. The highest BCUT2D eigenvalue weighted by atomic mass is 16.5. The number of ether oxygens (including phenoxy) is 3. The van der Waals surface area contributed by atoms with Crippen LogP contribution in [0.15, 0.2) is 48.0 Å². The van der Waals surface area contributed by atoms with Crippen LogP contribution in [0.3, 0.4) is 0 Å². The van der Waals surface area contributed by atoms with Crippen molar-refractivity contribution in [1.29, 1.82) is 0 Å². The summed E-state index contributed by atoms with van der Waals surface area (Å²) in [6.45, 7) is 4.97. The van der Waals surface area contributed by atoms with Crippen molar-refractivity contribution in [1.82, 2.24) is 4.90 Å². The number of nitrogens with zero attached hydrogens (tertiary/aromatic N) is 1. The van der Waals surface area contributed by atoms with E-state index in [-0.39, 0.29) is 16.9 Å². The van der Waals surface area contributed by atoms with E-state index >= 15 is 0 Å². The molecule has 1 amide bonds. The standard InChI is InChI=1S/C26H31NO6/c1-16(2)17-7-9-18(10-8-17)23-22(25(29)26(30)27(23)13-6-14-31-3)24(28)20-15-19(32-4)11-12-21(20)33-5/h7-12,15-16,23,28H,6,13-14H2,1-5H3/b24-22+. The Morgan fingerprint density at radius 2 is 1.73 bits per heavy atom. The van der Waals surface area contributed by atoms with Gasteiger partial charge in [0.15, 0.2) is 0 Å². The van der Waals surface area contributed by atoms with Crippen LogP contribution in [0.2, 0.25) is 0 Å². The maximum Gasteiger partial charge on any atom is 0.295 e. The van der Waals surface area contributed by atoms with E-state index in [0.29, 0.717) is 37.0 Å². The van der Waals surface area contributed by atoms with Gasteiger partial charge in [-0.05, 0) is 41.7 Å². The topological polar surface area (TPSA) is 85.3 Å². The number of Topliss-reactive ketones (excluding diaryl/α,β-unsaturated/α-hetero) is 1. The molecule has 7 heteroatoms. The van der Waals surface area contributed by atoms with Gasteiger partial charge in [-0.2, -0.15) is 0 Å². The Labute approximate surface area is 194 Å². The third-order valence-corrected chi connectivity index (χ3v) is 5.87. The Bertz CT molecular complexity index is 1040. The largest absolute Gasteiger partial charge is 0.507 e. The normalized spacial score (nSPS) is 17.6. The van der Waals surface area contributed by atoms with Crippen molar-refractivity contribution in [3.63, 3.8) is 0 Å². The third-order valence-electron chi connectivity index (χ3n) is 5.87. The molecule has 2 aromatic carbocycles. The highest BCUT2D eigenvalue weighted by molar-refractivity contribution is 6.46. The number of aliphatic hydroxyl groups excluding tert-OH is 1. The van der Waals surface area contributed by atoms with Gasteiger partial charge in [0, 0.05) is 20.3 Å². The van der Waals surface area contributed by atoms with Gasteiger partial charge >= 0.3 is 0 Å². The second-order valence-electron chi connectivity index (χ2n) is 8.23. The van der Waals surface area contributed by atoms with Crippen LogP contribution in [0.5, 0.6) is 11.5 Å². The fraction of sp³-hybridized carbons (Fsp3) is 0.385. The molecule has 33 heavy (non-hydrogen) atoms. The molecular formula is C26H31NO6. The number of hydrogen-bond acceptors (Lipinski definition) is 6. The molecule has 1 heterocycles. The summed E-state index contributed by atoms with van der Waals surface area (Å²) in [6.07, 6.45) is 0.562. The van der Waals surface area contributed by atoms with Crippen LogP contribution in [-0.4, -0.2) is 56.2 Å². The van der Waals surface area contributed by atoms with E-state index in [1.807, 2.05) is 24.3 Å². The predicted molar refractivity (Wildman–Crippen MR) is 126 cm³/mol. The predicted octanol–water partition coefficient (Wildman–Crippen LogP) is 4.29. The second-order valence-corrected chi connectivity index (χ2v) is 8.23. The molecule has 7 nitrogen and oxygen atoms in total. The van der Waals surface area contributed by atoms with E-state index in [2.05, 4.69) is 13.8 Å². The first-order valence-electron chi connectivity index (χ1n) is 10.9. The zero-order chi connectivity index (χ0) is 24.1. The van der Waals surface area contributed by atoms with E-state index in [4.69, 9.17) is 14.2 Å². The molecule has 1 N–H and O–H groups in total. The van der Waals surface area contributed by atoms with Gasteiger partial charge in [0.05, 0.1) is 31.4 Å². The number of hydrogen-bond donors (Lipinski definition) is 1. The molecule has 0 radical (unpaired) electrons. The van der Waals surface area contributed by atoms with Gasteiger partial charge in [-0.1, -0.05) is 38.1 Å². The summed E-state index contributed by atoms with van der Waals surface area (Å²) >= 11 is 0. The van der Waals surface area contributed by atoms with Crippen molar-refractivity contribution in [2.45, 2.75) is 32.2 Å². The minimum Gasteiger partial charge on any atom is -0.507 e. The lowest BCUT2D eigenvalue weighted by molar-refractivity contribution is -0.140. The number of methoxy groups -OCH3 is 3. The molecule has 1 aliphatic heterocycles. The average Bonchev–Trinajstić information content (AvgIpc) is 3.08. The smallest absolute Gasteiger partial charge is 0.295 e. The lowest BCUT2D eigenvalue weighted by atomic mass is 9.93. The molecule has 0 aliphatic carbocycles. The van der Waals surface area contributed by atoms with Gasteiger partial charge in [0.25, 0.3) is 11.7 Å². The van der Waals surface area contributed by atoms with Crippen LogP contribution in [0.25, 0.3) is 5.76 Å². The maximum atomic E-state index is 13.2. The fourth-order valence-electron chi connectivity index (χ4n) is 4.04. The number of carbonyl (C=O) groups is 2. The number of benzene rings is 2. The van der Waals surface area contributed by atoms with E-state index in [0.717, 1.165) is 11.1 Å². The number of amides is 1. The maximum absolute atomic E-state index is 13.2. The van der Waals surface area contributed by atoms with Crippen LogP contribution in [0.4, 0.5) is 0 Å². The van der Waals surface area contributed by atoms with Gasteiger partial charge in [-0.25, -0.2) is 0 Å². The van der Waals surface area contributed by atoms with Crippen LogP contribution in [0, 0.1) is 0 Å². The van der Waals surface area contributed by atoms with E-state index in [1.165, 1.54) is 19.1 Å². The minimum atomic E-state index is -0.729. The van der Waals surface area contributed by atoms with Crippen LogP contribution in [-0.2, 0) is 14.3 Å². The van der Waals surface area contributed by atoms with Crippen molar-refractivity contribution >= 4 is 17.4 Å². The molecule has 1 unspecified atom stereocenters. The first-order chi connectivity index (χ1) is 15.8. The van der Waals surface area contributed by atoms with Crippen molar-refractivity contribution in [3.05, 3.63) is 64.7 Å². The van der Waals surface area contributed by atoms with E-state index in [1.54, 1.807) is 25.3 Å². The number of carbonyl (C=O) groups excluding carboxylic acids is 2. The fourth-order valence-corrected chi connectivity index (χ4v) is 4.04. The Kier molecular flexibility index (Phi) is 7.76. The molecular weight excluding hydrogens is 422 g/mol. The molecule has 176 valence electrons. The summed E-state index contributed by atoms with van der Waals surface area (Å²) in [7, 11) is 4.58. The molecule has 1 atom stereocenters. The lowest BCUT2D eigenvalue weighted by Gasteiger charge is -2.25. The number of aliphatic hydroxyl groups is 1. The van der Waals surface area contributed by atoms with Gasteiger partial charge in [-0.15, -0.1) is 0 Å². The van der Waals surface area contributed by atoms with Gasteiger partial charge < -0.3 is 24.2 Å².